The van der Waals surface area contributed by atoms with E-state index >= 15 is 0 Å². The number of nitrogens with zero attached hydrogens (tertiary/aromatic N) is 1. The van der Waals surface area contributed by atoms with Crippen LogP contribution in [0.3, 0.4) is 0 Å². The minimum atomic E-state index is -0.810. The molecule has 1 atom stereocenters. The van der Waals surface area contributed by atoms with Crippen molar-refractivity contribution in [2.75, 3.05) is 19.7 Å². The molecular formula is C15H23NO4. The first-order chi connectivity index (χ1) is 9.33. The van der Waals surface area contributed by atoms with Gasteiger partial charge in [0.1, 0.15) is 5.60 Å². The number of hydrogen-bond donors (Lipinski definition) is 2. The predicted octanol–water partition coefficient (Wildman–Crippen LogP) is 1.95. The second-order valence-corrected chi connectivity index (χ2v) is 5.58. The Labute approximate surface area is 119 Å². The summed E-state index contributed by atoms with van der Waals surface area (Å²) in [4.78, 5) is 13.3. The van der Waals surface area contributed by atoms with Crippen molar-refractivity contribution in [3.05, 3.63) is 35.9 Å². The molecule has 5 nitrogen and oxygen atoms in total. The van der Waals surface area contributed by atoms with Crippen LogP contribution >= 0.6 is 0 Å². The zero-order valence-corrected chi connectivity index (χ0v) is 12.2. The van der Waals surface area contributed by atoms with Crippen LogP contribution in [-0.4, -0.2) is 46.5 Å². The molecule has 0 aliphatic heterocycles. The standard InChI is InChI=1S/C15H23NO4/c1-15(2,3)20-14(19)16(9-10-17)11-13(18)12-7-5-4-6-8-12/h4-8,13,17-18H,9-11H2,1-3H3/t13-/m1/s1. The molecule has 0 saturated heterocycles. The zero-order valence-electron chi connectivity index (χ0n) is 12.2. The normalized spacial score (nSPS) is 12.8. The van der Waals surface area contributed by atoms with Gasteiger partial charge < -0.3 is 19.8 Å². The molecule has 0 fully saturated rings. The number of aliphatic hydroxyl groups is 2. The Balaban J connectivity index is 2.69. The van der Waals surface area contributed by atoms with Gasteiger partial charge in [-0.25, -0.2) is 4.79 Å². The van der Waals surface area contributed by atoms with E-state index in [0.29, 0.717) is 0 Å². The highest BCUT2D eigenvalue weighted by molar-refractivity contribution is 5.68. The van der Waals surface area contributed by atoms with Gasteiger partial charge in [0.2, 0.25) is 0 Å². The van der Waals surface area contributed by atoms with Gasteiger partial charge in [-0.1, -0.05) is 30.3 Å². The first-order valence-corrected chi connectivity index (χ1v) is 6.65. The minimum Gasteiger partial charge on any atom is -0.444 e. The Morgan fingerprint density at radius 1 is 1.30 bits per heavy atom. The van der Waals surface area contributed by atoms with E-state index in [1.54, 1.807) is 32.9 Å². The fraction of sp³-hybridized carbons (Fsp3) is 0.533. The lowest BCUT2D eigenvalue weighted by molar-refractivity contribution is 0.0109. The number of ether oxygens (including phenoxy) is 1. The molecule has 112 valence electrons. The van der Waals surface area contributed by atoms with Gasteiger partial charge in [-0.05, 0) is 26.3 Å². The average molecular weight is 281 g/mol. The van der Waals surface area contributed by atoms with Crippen molar-refractivity contribution in [1.82, 2.24) is 4.90 Å². The van der Waals surface area contributed by atoms with Crippen molar-refractivity contribution < 1.29 is 19.7 Å². The summed E-state index contributed by atoms with van der Waals surface area (Å²) in [5.74, 6) is 0. The van der Waals surface area contributed by atoms with Gasteiger partial charge in [0.25, 0.3) is 0 Å². The molecule has 0 aliphatic rings. The van der Waals surface area contributed by atoms with E-state index in [-0.39, 0.29) is 19.7 Å². The fourth-order valence-electron chi connectivity index (χ4n) is 1.69. The third kappa shape index (κ3) is 5.59. The van der Waals surface area contributed by atoms with E-state index in [4.69, 9.17) is 9.84 Å². The summed E-state index contributed by atoms with van der Waals surface area (Å²) in [5.41, 5.74) is 0.113. The molecule has 0 aromatic heterocycles. The number of hydrogen-bond acceptors (Lipinski definition) is 4. The Morgan fingerprint density at radius 3 is 2.40 bits per heavy atom. The molecule has 1 aromatic rings. The number of amides is 1. The lowest BCUT2D eigenvalue weighted by Crippen LogP contribution is -2.40. The number of rotatable bonds is 5. The summed E-state index contributed by atoms with van der Waals surface area (Å²) in [6.45, 7) is 5.35. The molecule has 0 radical (unpaired) electrons. The third-order valence-corrected chi connectivity index (χ3v) is 2.60. The topological polar surface area (TPSA) is 70.0 Å². The Morgan fingerprint density at radius 2 is 1.90 bits per heavy atom. The van der Waals surface area contributed by atoms with E-state index in [2.05, 4.69) is 0 Å². The van der Waals surface area contributed by atoms with Crippen LogP contribution in [0.5, 0.6) is 0 Å². The number of benzene rings is 1. The van der Waals surface area contributed by atoms with Crippen LogP contribution in [0.15, 0.2) is 30.3 Å². The highest BCUT2D eigenvalue weighted by atomic mass is 16.6. The SMILES string of the molecule is CC(C)(C)OC(=O)N(CCO)C[C@@H](O)c1ccccc1. The van der Waals surface area contributed by atoms with Gasteiger partial charge >= 0.3 is 6.09 Å². The monoisotopic (exact) mass is 281 g/mol. The molecule has 0 heterocycles. The van der Waals surface area contributed by atoms with E-state index in [1.165, 1.54) is 4.90 Å². The number of carbonyl (C=O) groups is 1. The van der Waals surface area contributed by atoms with Gasteiger partial charge in [0.15, 0.2) is 0 Å². The van der Waals surface area contributed by atoms with E-state index in [0.717, 1.165) is 5.56 Å². The molecule has 0 unspecified atom stereocenters. The van der Waals surface area contributed by atoms with E-state index in [9.17, 15) is 9.90 Å². The Kier molecular flexibility index (Phi) is 5.98. The molecule has 1 amide bonds. The summed E-state index contributed by atoms with van der Waals surface area (Å²) in [6, 6.07) is 9.08. The fourth-order valence-corrected chi connectivity index (χ4v) is 1.69. The van der Waals surface area contributed by atoms with Crippen molar-refractivity contribution in [2.24, 2.45) is 0 Å². The third-order valence-electron chi connectivity index (χ3n) is 2.60. The summed E-state index contributed by atoms with van der Waals surface area (Å²) in [7, 11) is 0. The first-order valence-electron chi connectivity index (χ1n) is 6.65. The number of carbonyl (C=O) groups excluding carboxylic acids is 1. The van der Waals surface area contributed by atoms with Crippen molar-refractivity contribution >= 4 is 6.09 Å². The molecule has 5 heteroatoms. The minimum absolute atomic E-state index is 0.0828. The Bertz CT molecular complexity index is 414. The molecule has 20 heavy (non-hydrogen) atoms. The van der Waals surface area contributed by atoms with Gasteiger partial charge in [-0.2, -0.15) is 0 Å². The lowest BCUT2D eigenvalue weighted by Gasteiger charge is -2.28. The second-order valence-electron chi connectivity index (χ2n) is 5.58. The smallest absolute Gasteiger partial charge is 0.410 e. The molecule has 0 bridgehead atoms. The van der Waals surface area contributed by atoms with Crippen molar-refractivity contribution in [3.8, 4) is 0 Å². The van der Waals surface area contributed by atoms with Crippen molar-refractivity contribution in [2.45, 2.75) is 32.5 Å². The van der Waals surface area contributed by atoms with Gasteiger partial charge in [0.05, 0.1) is 19.3 Å². The zero-order chi connectivity index (χ0) is 15.2. The van der Waals surface area contributed by atoms with Crippen LogP contribution in [0.25, 0.3) is 0 Å². The molecular weight excluding hydrogens is 258 g/mol. The van der Waals surface area contributed by atoms with E-state index in [1.807, 2.05) is 18.2 Å². The summed E-state index contributed by atoms with van der Waals surface area (Å²) in [5, 5.41) is 19.2. The van der Waals surface area contributed by atoms with Crippen LogP contribution in [0.4, 0.5) is 4.79 Å². The highest BCUT2D eigenvalue weighted by Crippen LogP contribution is 2.16. The van der Waals surface area contributed by atoms with Crippen molar-refractivity contribution in [1.29, 1.82) is 0 Å². The summed E-state index contributed by atoms with van der Waals surface area (Å²) in [6.07, 6.45) is -1.35. The molecule has 0 saturated carbocycles. The van der Waals surface area contributed by atoms with Crippen LogP contribution < -0.4 is 0 Å². The van der Waals surface area contributed by atoms with Gasteiger partial charge in [0, 0.05) is 6.54 Å². The largest absolute Gasteiger partial charge is 0.444 e. The van der Waals surface area contributed by atoms with Crippen LogP contribution in [0.1, 0.15) is 32.4 Å². The van der Waals surface area contributed by atoms with Crippen molar-refractivity contribution in [3.63, 3.8) is 0 Å². The lowest BCUT2D eigenvalue weighted by atomic mass is 10.1. The summed E-state index contributed by atoms with van der Waals surface area (Å²) >= 11 is 0. The predicted molar refractivity (Wildman–Crippen MR) is 76.3 cm³/mol. The average Bonchev–Trinajstić information content (AvgIpc) is 2.37. The Hall–Kier alpha value is -1.59. The van der Waals surface area contributed by atoms with Gasteiger partial charge in [-0.3, -0.25) is 0 Å². The maximum absolute atomic E-state index is 12.0. The number of aliphatic hydroxyl groups excluding tert-OH is 2. The molecule has 1 aromatic carbocycles. The molecule has 2 N–H and O–H groups in total. The van der Waals surface area contributed by atoms with Crippen LogP contribution in [0.2, 0.25) is 0 Å². The van der Waals surface area contributed by atoms with E-state index < -0.39 is 17.8 Å². The second kappa shape index (κ2) is 7.26. The first kappa shape index (κ1) is 16.5. The molecule has 0 spiro atoms. The van der Waals surface area contributed by atoms with Crippen LogP contribution in [-0.2, 0) is 4.74 Å². The van der Waals surface area contributed by atoms with Gasteiger partial charge in [-0.15, -0.1) is 0 Å². The molecule has 1 rings (SSSR count). The highest BCUT2D eigenvalue weighted by Gasteiger charge is 2.24. The van der Waals surface area contributed by atoms with Crippen LogP contribution in [0, 0.1) is 0 Å². The maximum atomic E-state index is 12.0. The molecule has 0 aliphatic carbocycles. The summed E-state index contributed by atoms with van der Waals surface area (Å²) < 4.78 is 5.25. The quantitative estimate of drug-likeness (QED) is 0.865. The maximum Gasteiger partial charge on any atom is 0.410 e.